The molecule has 1 aliphatic heterocycles. The van der Waals surface area contributed by atoms with Crippen LogP contribution in [0.1, 0.15) is 63.1 Å². The number of rotatable bonds is 5. The molecule has 0 radical (unpaired) electrons. The van der Waals surface area contributed by atoms with Crippen LogP contribution in [0.5, 0.6) is 0 Å². The molecule has 0 saturated heterocycles. The third-order valence-electron chi connectivity index (χ3n) is 6.06. The SMILES string of the molecule is CCCN1c2cc(F)c(/C=C(\C#N)C(=O)Nc3cc(Cl)ccc3C)cc2C(C)CC1(C)C. The maximum Gasteiger partial charge on any atom is 0.266 e. The molecule has 1 atom stereocenters. The number of aryl methyl sites for hydroxylation is 1. The summed E-state index contributed by atoms with van der Waals surface area (Å²) in [6.07, 6.45) is 3.22. The lowest BCUT2D eigenvalue weighted by atomic mass is 9.79. The van der Waals surface area contributed by atoms with Gasteiger partial charge in [-0.05, 0) is 81.0 Å². The van der Waals surface area contributed by atoms with Gasteiger partial charge < -0.3 is 10.2 Å². The van der Waals surface area contributed by atoms with Gasteiger partial charge in [-0.15, -0.1) is 0 Å². The Labute approximate surface area is 194 Å². The Hall–Kier alpha value is -2.84. The van der Waals surface area contributed by atoms with Crippen LogP contribution in [0.4, 0.5) is 15.8 Å². The van der Waals surface area contributed by atoms with Crippen LogP contribution < -0.4 is 10.2 Å². The van der Waals surface area contributed by atoms with Gasteiger partial charge in [0, 0.05) is 34.0 Å². The van der Waals surface area contributed by atoms with Gasteiger partial charge in [0.15, 0.2) is 0 Å². The van der Waals surface area contributed by atoms with Crippen molar-refractivity contribution in [3.8, 4) is 6.07 Å². The second kappa shape index (κ2) is 9.34. The lowest BCUT2D eigenvalue weighted by Gasteiger charge is -2.47. The van der Waals surface area contributed by atoms with Crippen LogP contribution in [-0.4, -0.2) is 18.0 Å². The molecule has 32 heavy (non-hydrogen) atoms. The summed E-state index contributed by atoms with van der Waals surface area (Å²) in [5.41, 5.74) is 3.25. The number of fused-ring (bicyclic) bond motifs is 1. The van der Waals surface area contributed by atoms with E-state index >= 15 is 4.39 Å². The molecule has 1 aliphatic rings. The van der Waals surface area contributed by atoms with E-state index in [1.165, 1.54) is 6.08 Å². The van der Waals surface area contributed by atoms with Crippen LogP contribution in [0.25, 0.3) is 6.08 Å². The van der Waals surface area contributed by atoms with E-state index in [-0.39, 0.29) is 22.6 Å². The van der Waals surface area contributed by atoms with E-state index in [0.29, 0.717) is 10.7 Å². The minimum atomic E-state index is -0.600. The number of nitriles is 1. The highest BCUT2D eigenvalue weighted by Gasteiger charge is 2.36. The average molecular weight is 454 g/mol. The van der Waals surface area contributed by atoms with Crippen molar-refractivity contribution in [1.29, 1.82) is 5.26 Å². The Morgan fingerprint density at radius 1 is 1.38 bits per heavy atom. The standard InChI is InChI=1S/C26H29ClFN3O/c1-6-9-31-24-13-22(28)18(11-21(24)17(3)14-26(31,4)5)10-19(15-29)25(32)30-23-12-20(27)8-7-16(23)2/h7-8,10-13,17H,6,9,14H2,1-5H3,(H,30,32)/b19-10+. The van der Waals surface area contributed by atoms with Gasteiger partial charge in [-0.2, -0.15) is 5.26 Å². The van der Waals surface area contributed by atoms with Crippen molar-refractivity contribution in [3.05, 3.63) is 63.4 Å². The smallest absolute Gasteiger partial charge is 0.266 e. The molecule has 1 heterocycles. The molecule has 2 aromatic carbocycles. The van der Waals surface area contributed by atoms with Gasteiger partial charge in [-0.1, -0.05) is 31.5 Å². The van der Waals surface area contributed by atoms with Crippen LogP contribution in [0.15, 0.2) is 35.9 Å². The first-order valence-electron chi connectivity index (χ1n) is 10.9. The number of halogens is 2. The van der Waals surface area contributed by atoms with Crippen molar-refractivity contribution in [2.45, 2.75) is 58.9 Å². The molecule has 0 aromatic heterocycles. The van der Waals surface area contributed by atoms with E-state index < -0.39 is 11.7 Å². The Kier molecular flexibility index (Phi) is 6.95. The van der Waals surface area contributed by atoms with Gasteiger partial charge in [-0.25, -0.2) is 4.39 Å². The zero-order valence-corrected chi connectivity index (χ0v) is 20.0. The zero-order chi connectivity index (χ0) is 23.6. The van der Waals surface area contributed by atoms with Crippen LogP contribution in [0, 0.1) is 24.1 Å². The fraction of sp³-hybridized carbons (Fsp3) is 0.385. The third-order valence-corrected chi connectivity index (χ3v) is 6.30. The second-order valence-electron chi connectivity index (χ2n) is 9.08. The number of carbonyl (C=O) groups excluding carboxylic acids is 1. The molecular weight excluding hydrogens is 425 g/mol. The van der Waals surface area contributed by atoms with Crippen molar-refractivity contribution < 1.29 is 9.18 Å². The van der Waals surface area contributed by atoms with Crippen molar-refractivity contribution in [2.75, 3.05) is 16.8 Å². The number of nitrogens with one attached hydrogen (secondary N) is 1. The molecule has 4 nitrogen and oxygen atoms in total. The van der Waals surface area contributed by atoms with E-state index in [2.05, 4.69) is 37.9 Å². The normalized spacial score (nSPS) is 17.5. The first-order chi connectivity index (χ1) is 15.1. The maximum atomic E-state index is 15.1. The van der Waals surface area contributed by atoms with Crippen molar-refractivity contribution in [1.82, 2.24) is 0 Å². The van der Waals surface area contributed by atoms with E-state index in [0.717, 1.165) is 36.2 Å². The molecule has 1 N–H and O–H groups in total. The van der Waals surface area contributed by atoms with Crippen LogP contribution in [0.2, 0.25) is 5.02 Å². The summed E-state index contributed by atoms with van der Waals surface area (Å²) in [5.74, 6) is -0.819. The lowest BCUT2D eigenvalue weighted by Crippen LogP contribution is -2.48. The summed E-state index contributed by atoms with van der Waals surface area (Å²) in [6.45, 7) is 11.3. The fourth-order valence-corrected chi connectivity index (χ4v) is 4.67. The topological polar surface area (TPSA) is 56.1 Å². The van der Waals surface area contributed by atoms with Gasteiger partial charge >= 0.3 is 0 Å². The Morgan fingerprint density at radius 2 is 2.09 bits per heavy atom. The third kappa shape index (κ3) is 4.81. The number of hydrogen-bond donors (Lipinski definition) is 1. The van der Waals surface area contributed by atoms with Gasteiger partial charge in [0.1, 0.15) is 17.5 Å². The monoisotopic (exact) mass is 453 g/mol. The second-order valence-corrected chi connectivity index (χ2v) is 9.52. The molecule has 0 fully saturated rings. The summed E-state index contributed by atoms with van der Waals surface area (Å²) in [6, 6.07) is 10.4. The van der Waals surface area contributed by atoms with E-state index in [1.54, 1.807) is 30.3 Å². The van der Waals surface area contributed by atoms with Gasteiger partial charge in [0.2, 0.25) is 0 Å². The number of carbonyl (C=O) groups is 1. The molecule has 1 unspecified atom stereocenters. The van der Waals surface area contributed by atoms with Crippen molar-refractivity contribution in [3.63, 3.8) is 0 Å². The molecule has 0 spiro atoms. The summed E-state index contributed by atoms with van der Waals surface area (Å²) < 4.78 is 15.1. The first kappa shape index (κ1) is 23.8. The zero-order valence-electron chi connectivity index (χ0n) is 19.2. The number of amides is 1. The van der Waals surface area contributed by atoms with E-state index in [1.807, 2.05) is 13.0 Å². The van der Waals surface area contributed by atoms with Crippen LogP contribution in [-0.2, 0) is 4.79 Å². The molecule has 0 saturated carbocycles. The Bertz CT molecular complexity index is 1120. The molecular formula is C26H29ClFN3O. The van der Waals surface area contributed by atoms with E-state index in [4.69, 9.17) is 11.6 Å². The fourth-order valence-electron chi connectivity index (χ4n) is 4.50. The van der Waals surface area contributed by atoms with E-state index in [9.17, 15) is 10.1 Å². The predicted octanol–water partition coefficient (Wildman–Crippen LogP) is 6.84. The molecule has 3 rings (SSSR count). The molecule has 168 valence electrons. The molecule has 0 bridgehead atoms. The maximum absolute atomic E-state index is 15.1. The summed E-state index contributed by atoms with van der Waals surface area (Å²) in [4.78, 5) is 15.0. The summed E-state index contributed by atoms with van der Waals surface area (Å²) >= 11 is 6.02. The Morgan fingerprint density at radius 3 is 2.75 bits per heavy atom. The highest BCUT2D eigenvalue weighted by molar-refractivity contribution is 6.31. The Balaban J connectivity index is 1.98. The van der Waals surface area contributed by atoms with Crippen LogP contribution in [0.3, 0.4) is 0 Å². The number of nitrogens with zero attached hydrogens (tertiary/aromatic N) is 2. The molecule has 1 amide bonds. The van der Waals surface area contributed by atoms with Gasteiger partial charge in [-0.3, -0.25) is 4.79 Å². The number of anilines is 2. The minimum absolute atomic E-state index is 0.0707. The summed E-state index contributed by atoms with van der Waals surface area (Å²) in [7, 11) is 0. The lowest BCUT2D eigenvalue weighted by molar-refractivity contribution is -0.112. The number of hydrogen-bond acceptors (Lipinski definition) is 3. The minimum Gasteiger partial charge on any atom is -0.366 e. The molecule has 0 aliphatic carbocycles. The van der Waals surface area contributed by atoms with Crippen molar-refractivity contribution >= 4 is 35.0 Å². The highest BCUT2D eigenvalue weighted by atomic mass is 35.5. The molecule has 6 heteroatoms. The molecule has 2 aromatic rings. The van der Waals surface area contributed by atoms with Crippen molar-refractivity contribution in [2.24, 2.45) is 0 Å². The summed E-state index contributed by atoms with van der Waals surface area (Å²) in [5, 5.41) is 12.8. The van der Waals surface area contributed by atoms with Crippen LogP contribution >= 0.6 is 11.6 Å². The number of benzene rings is 2. The quantitative estimate of drug-likeness (QED) is 0.398. The highest BCUT2D eigenvalue weighted by Crippen LogP contribution is 2.44. The largest absolute Gasteiger partial charge is 0.366 e. The van der Waals surface area contributed by atoms with Gasteiger partial charge in [0.05, 0.1) is 0 Å². The van der Waals surface area contributed by atoms with Gasteiger partial charge in [0.25, 0.3) is 5.91 Å². The first-order valence-corrected chi connectivity index (χ1v) is 11.3. The average Bonchev–Trinajstić information content (AvgIpc) is 2.72. The predicted molar refractivity (Wildman–Crippen MR) is 130 cm³/mol.